The first kappa shape index (κ1) is 15.9. The van der Waals surface area contributed by atoms with Crippen molar-refractivity contribution >= 4 is 28.6 Å². The molecule has 1 atom stereocenters. The minimum Gasteiger partial charge on any atom is -0.360 e. The van der Waals surface area contributed by atoms with E-state index in [2.05, 4.69) is 37.2 Å². The normalized spacial score (nSPS) is 20.9. The van der Waals surface area contributed by atoms with Gasteiger partial charge in [0.05, 0.1) is 5.25 Å². The topological polar surface area (TPSA) is 75.6 Å². The monoisotopic (exact) mass is 367 g/mol. The zero-order valence-electron chi connectivity index (χ0n) is 14.4. The van der Waals surface area contributed by atoms with Gasteiger partial charge in [0.1, 0.15) is 0 Å². The summed E-state index contributed by atoms with van der Waals surface area (Å²) in [5.41, 5.74) is 2.18. The highest BCUT2D eigenvalue weighted by Gasteiger charge is 2.33. The van der Waals surface area contributed by atoms with Crippen LogP contribution in [0.2, 0.25) is 0 Å². The molecule has 2 aromatic heterocycles. The Labute approximate surface area is 155 Å². The van der Waals surface area contributed by atoms with Crippen molar-refractivity contribution in [2.24, 2.45) is 0 Å². The third-order valence-corrected chi connectivity index (χ3v) is 6.36. The molecule has 0 radical (unpaired) electrons. The van der Waals surface area contributed by atoms with Crippen LogP contribution in [0.4, 0.5) is 0 Å². The van der Waals surface area contributed by atoms with E-state index in [1.165, 1.54) is 0 Å². The number of H-pyrrole nitrogens is 1. The average molecular weight is 367 g/mol. The van der Waals surface area contributed by atoms with Crippen molar-refractivity contribution in [2.75, 3.05) is 6.54 Å². The zero-order valence-corrected chi connectivity index (χ0v) is 15.3. The van der Waals surface area contributed by atoms with Crippen LogP contribution in [0.3, 0.4) is 0 Å². The molecule has 2 N–H and O–H groups in total. The van der Waals surface area contributed by atoms with E-state index < -0.39 is 0 Å². The third-order valence-electron chi connectivity index (χ3n) is 5.14. The third kappa shape index (κ3) is 2.80. The van der Waals surface area contributed by atoms with E-state index in [4.69, 9.17) is 0 Å². The molecule has 1 saturated heterocycles. The number of aromatic amines is 1. The molecule has 1 aliphatic carbocycles. The Morgan fingerprint density at radius 2 is 2.00 bits per heavy atom. The van der Waals surface area contributed by atoms with Crippen LogP contribution in [-0.2, 0) is 4.79 Å². The Balaban J connectivity index is 1.53. The Morgan fingerprint density at radius 3 is 2.88 bits per heavy atom. The predicted octanol–water partition coefficient (Wildman–Crippen LogP) is 3.52. The predicted molar refractivity (Wildman–Crippen MR) is 102 cm³/mol. The van der Waals surface area contributed by atoms with Crippen LogP contribution in [0.1, 0.15) is 38.1 Å². The van der Waals surface area contributed by atoms with Gasteiger partial charge in [-0.1, -0.05) is 36.4 Å². The summed E-state index contributed by atoms with van der Waals surface area (Å²) in [4.78, 5) is 15.7. The lowest BCUT2D eigenvalue weighted by atomic mass is 10.1. The SMILES string of the molecule is O=C1NCCCC[C@@H]1Sc1nnc(-c2c[nH]c3ccccc23)n1C1CC1. The molecule has 1 amide bonds. The second-order valence-electron chi connectivity index (χ2n) is 7.05. The summed E-state index contributed by atoms with van der Waals surface area (Å²) < 4.78 is 2.25. The van der Waals surface area contributed by atoms with Gasteiger partial charge in [-0.2, -0.15) is 0 Å². The molecule has 3 aromatic rings. The molecule has 0 unspecified atom stereocenters. The molecule has 26 heavy (non-hydrogen) atoms. The number of hydrogen-bond donors (Lipinski definition) is 2. The van der Waals surface area contributed by atoms with Gasteiger partial charge in [-0.3, -0.25) is 9.36 Å². The molecule has 1 aliphatic heterocycles. The number of nitrogens with zero attached hydrogens (tertiary/aromatic N) is 3. The highest BCUT2D eigenvalue weighted by molar-refractivity contribution is 8.00. The summed E-state index contributed by atoms with van der Waals surface area (Å²) in [5.74, 6) is 1.04. The quantitative estimate of drug-likeness (QED) is 0.740. The molecule has 2 fully saturated rings. The molecular formula is C19H21N5OS. The number of rotatable bonds is 4. The lowest BCUT2D eigenvalue weighted by Gasteiger charge is -2.13. The van der Waals surface area contributed by atoms with Crippen LogP contribution in [-0.4, -0.2) is 37.5 Å². The van der Waals surface area contributed by atoms with E-state index in [0.29, 0.717) is 6.04 Å². The fourth-order valence-electron chi connectivity index (χ4n) is 3.61. The van der Waals surface area contributed by atoms with E-state index in [9.17, 15) is 4.79 Å². The summed E-state index contributed by atoms with van der Waals surface area (Å²) in [7, 11) is 0. The van der Waals surface area contributed by atoms with E-state index in [1.54, 1.807) is 11.8 Å². The van der Waals surface area contributed by atoms with Gasteiger partial charge in [0, 0.05) is 35.2 Å². The summed E-state index contributed by atoms with van der Waals surface area (Å²) in [5, 5.41) is 14.0. The fraction of sp³-hybridized carbons (Fsp3) is 0.421. The Morgan fingerprint density at radius 1 is 1.12 bits per heavy atom. The molecule has 5 rings (SSSR count). The number of fused-ring (bicyclic) bond motifs is 1. The largest absolute Gasteiger partial charge is 0.360 e. The maximum Gasteiger partial charge on any atom is 0.233 e. The fourth-order valence-corrected chi connectivity index (χ4v) is 4.78. The van der Waals surface area contributed by atoms with Gasteiger partial charge in [-0.15, -0.1) is 10.2 Å². The van der Waals surface area contributed by atoms with Gasteiger partial charge in [0.25, 0.3) is 0 Å². The molecule has 1 saturated carbocycles. The van der Waals surface area contributed by atoms with Gasteiger partial charge >= 0.3 is 0 Å². The lowest BCUT2D eigenvalue weighted by molar-refractivity contribution is -0.120. The van der Waals surface area contributed by atoms with Crippen molar-refractivity contribution in [3.63, 3.8) is 0 Å². The lowest BCUT2D eigenvalue weighted by Crippen LogP contribution is -2.30. The maximum absolute atomic E-state index is 12.3. The molecule has 7 heteroatoms. The van der Waals surface area contributed by atoms with Crippen LogP contribution in [0.25, 0.3) is 22.3 Å². The number of carbonyl (C=O) groups is 1. The first-order chi connectivity index (χ1) is 12.8. The molecular weight excluding hydrogens is 346 g/mol. The van der Waals surface area contributed by atoms with Crippen molar-refractivity contribution in [1.82, 2.24) is 25.1 Å². The van der Waals surface area contributed by atoms with E-state index in [1.807, 2.05) is 18.3 Å². The van der Waals surface area contributed by atoms with Gasteiger partial charge in [0.15, 0.2) is 11.0 Å². The summed E-state index contributed by atoms with van der Waals surface area (Å²) in [6.07, 6.45) is 7.34. The number of carbonyl (C=O) groups excluding carboxylic acids is 1. The first-order valence-electron chi connectivity index (χ1n) is 9.27. The summed E-state index contributed by atoms with van der Waals surface area (Å²) in [6.45, 7) is 0.784. The van der Waals surface area contributed by atoms with Crippen molar-refractivity contribution < 1.29 is 4.79 Å². The van der Waals surface area contributed by atoms with Gasteiger partial charge in [0.2, 0.25) is 5.91 Å². The Hall–Kier alpha value is -2.28. The van der Waals surface area contributed by atoms with Crippen LogP contribution < -0.4 is 5.32 Å². The molecule has 0 bridgehead atoms. The standard InChI is InChI=1S/C19H21N5OS/c25-18-16(7-3-4-10-20-18)26-19-23-22-17(24(19)12-8-9-12)14-11-21-15-6-2-1-5-13(14)15/h1-2,5-6,11-12,16,21H,3-4,7-10H2,(H,20,25)/t16-/m0/s1. The zero-order chi connectivity index (χ0) is 17.5. The highest BCUT2D eigenvalue weighted by atomic mass is 32.2. The van der Waals surface area contributed by atoms with Crippen molar-refractivity contribution in [2.45, 2.75) is 48.6 Å². The van der Waals surface area contributed by atoms with Crippen LogP contribution >= 0.6 is 11.8 Å². The Bertz CT molecular complexity index is 958. The molecule has 3 heterocycles. The van der Waals surface area contributed by atoms with Crippen LogP contribution in [0.5, 0.6) is 0 Å². The van der Waals surface area contributed by atoms with Crippen molar-refractivity contribution in [3.05, 3.63) is 30.5 Å². The first-order valence-corrected chi connectivity index (χ1v) is 10.1. The Kier molecular flexibility index (Phi) is 3.96. The summed E-state index contributed by atoms with van der Waals surface area (Å²) in [6, 6.07) is 8.70. The second kappa shape index (κ2) is 6.46. The molecule has 1 aromatic carbocycles. The second-order valence-corrected chi connectivity index (χ2v) is 8.22. The van der Waals surface area contributed by atoms with E-state index in [0.717, 1.165) is 66.1 Å². The highest BCUT2D eigenvalue weighted by Crippen LogP contribution is 2.43. The van der Waals surface area contributed by atoms with E-state index >= 15 is 0 Å². The maximum atomic E-state index is 12.3. The smallest absolute Gasteiger partial charge is 0.233 e. The number of aromatic nitrogens is 4. The summed E-state index contributed by atoms with van der Waals surface area (Å²) >= 11 is 1.57. The van der Waals surface area contributed by atoms with Crippen LogP contribution in [0, 0.1) is 0 Å². The van der Waals surface area contributed by atoms with Crippen LogP contribution in [0.15, 0.2) is 35.6 Å². The van der Waals surface area contributed by atoms with Gasteiger partial charge < -0.3 is 10.3 Å². The van der Waals surface area contributed by atoms with Crippen molar-refractivity contribution in [1.29, 1.82) is 0 Å². The number of nitrogens with one attached hydrogen (secondary N) is 2. The van der Waals surface area contributed by atoms with Gasteiger partial charge in [-0.25, -0.2) is 0 Å². The van der Waals surface area contributed by atoms with Crippen molar-refractivity contribution in [3.8, 4) is 11.4 Å². The minimum atomic E-state index is -0.0741. The molecule has 0 spiro atoms. The van der Waals surface area contributed by atoms with Gasteiger partial charge in [-0.05, 0) is 31.7 Å². The number of benzene rings is 1. The number of hydrogen-bond acceptors (Lipinski definition) is 4. The molecule has 6 nitrogen and oxygen atoms in total. The molecule has 2 aliphatic rings. The minimum absolute atomic E-state index is 0.0741. The number of amides is 1. The number of para-hydroxylation sites is 1. The average Bonchev–Trinajstić information content (AvgIpc) is 3.33. The molecule has 134 valence electrons. The number of thioether (sulfide) groups is 1. The van der Waals surface area contributed by atoms with E-state index in [-0.39, 0.29) is 11.2 Å².